The van der Waals surface area contributed by atoms with Crippen LogP contribution in [0.25, 0.3) is 0 Å². The Hall–Kier alpha value is -2.32. The summed E-state index contributed by atoms with van der Waals surface area (Å²) in [6, 6.07) is 8.04. The Morgan fingerprint density at radius 3 is 2.52 bits per heavy atom. The van der Waals surface area contributed by atoms with E-state index < -0.39 is 10.0 Å². The number of sulfonamides is 1. The average molecular weight is 392 g/mol. The van der Waals surface area contributed by atoms with Gasteiger partial charge in [-0.05, 0) is 56.0 Å². The van der Waals surface area contributed by atoms with Gasteiger partial charge in [-0.25, -0.2) is 13.1 Å². The first-order valence-electron chi connectivity index (χ1n) is 9.03. The van der Waals surface area contributed by atoms with E-state index in [-0.39, 0.29) is 16.7 Å². The largest absolute Gasteiger partial charge is 0.494 e. The summed E-state index contributed by atoms with van der Waals surface area (Å²) in [4.78, 5) is 14.3. The molecule has 1 N–H and O–H groups in total. The van der Waals surface area contributed by atoms with Crippen molar-refractivity contribution in [1.29, 1.82) is 0 Å². The van der Waals surface area contributed by atoms with E-state index >= 15 is 0 Å². The quantitative estimate of drug-likeness (QED) is 0.782. The van der Waals surface area contributed by atoms with Crippen LogP contribution < -0.4 is 9.46 Å². The van der Waals surface area contributed by atoms with Gasteiger partial charge < -0.3 is 14.1 Å². The Balaban J connectivity index is 1.49. The molecule has 1 aromatic heterocycles. The van der Waals surface area contributed by atoms with E-state index in [4.69, 9.17) is 9.15 Å². The Bertz CT molecular complexity index is 839. The van der Waals surface area contributed by atoms with Crippen LogP contribution in [0.15, 0.2) is 52.2 Å². The maximum absolute atomic E-state index is 12.4. The van der Waals surface area contributed by atoms with E-state index in [0.29, 0.717) is 37.6 Å². The molecule has 2 aromatic rings. The number of likely N-dealkylation sites (tertiary alicyclic amines) is 1. The van der Waals surface area contributed by atoms with Crippen molar-refractivity contribution in [3.05, 3.63) is 48.4 Å². The fourth-order valence-electron chi connectivity index (χ4n) is 3.10. The highest BCUT2D eigenvalue weighted by molar-refractivity contribution is 7.89. The smallest absolute Gasteiger partial charge is 0.257 e. The van der Waals surface area contributed by atoms with Gasteiger partial charge in [0, 0.05) is 19.6 Å². The van der Waals surface area contributed by atoms with E-state index in [0.717, 1.165) is 12.8 Å². The zero-order valence-corrected chi connectivity index (χ0v) is 16.1. The summed E-state index contributed by atoms with van der Waals surface area (Å²) < 4.78 is 37.9. The summed E-state index contributed by atoms with van der Waals surface area (Å²) in [6.45, 7) is 3.99. The maximum Gasteiger partial charge on any atom is 0.257 e. The fourth-order valence-corrected chi connectivity index (χ4v) is 4.22. The third-order valence-corrected chi connectivity index (χ3v) is 6.12. The summed E-state index contributed by atoms with van der Waals surface area (Å²) in [5.74, 6) is 0.805. The first-order chi connectivity index (χ1) is 13.0. The number of amides is 1. The first kappa shape index (κ1) is 19.4. The highest BCUT2D eigenvalue weighted by Gasteiger charge is 2.25. The van der Waals surface area contributed by atoms with Crippen molar-refractivity contribution >= 4 is 15.9 Å². The molecule has 27 heavy (non-hydrogen) atoms. The number of hydrogen-bond acceptors (Lipinski definition) is 5. The molecule has 0 radical (unpaired) electrons. The van der Waals surface area contributed by atoms with Crippen molar-refractivity contribution in [2.75, 3.05) is 26.2 Å². The van der Waals surface area contributed by atoms with Gasteiger partial charge in [0.2, 0.25) is 10.0 Å². The van der Waals surface area contributed by atoms with Crippen LogP contribution >= 0.6 is 0 Å². The fraction of sp³-hybridized carbons (Fsp3) is 0.421. The van der Waals surface area contributed by atoms with Crippen molar-refractivity contribution in [3.63, 3.8) is 0 Å². The molecule has 0 saturated carbocycles. The number of nitrogens with zero attached hydrogens (tertiary/aromatic N) is 1. The highest BCUT2D eigenvalue weighted by Crippen LogP contribution is 2.20. The lowest BCUT2D eigenvalue weighted by molar-refractivity contribution is 0.0691. The third-order valence-electron chi connectivity index (χ3n) is 4.68. The minimum Gasteiger partial charge on any atom is -0.494 e. The van der Waals surface area contributed by atoms with Crippen LogP contribution in [0.2, 0.25) is 0 Å². The molecule has 0 atom stereocenters. The lowest BCUT2D eigenvalue weighted by Gasteiger charge is -2.31. The van der Waals surface area contributed by atoms with Crippen LogP contribution in [0.1, 0.15) is 30.1 Å². The molecular formula is C19H24N2O5S. The Morgan fingerprint density at radius 1 is 1.22 bits per heavy atom. The van der Waals surface area contributed by atoms with Gasteiger partial charge in [0.1, 0.15) is 12.0 Å². The van der Waals surface area contributed by atoms with Crippen LogP contribution in [0.4, 0.5) is 0 Å². The number of ether oxygens (including phenoxy) is 1. The molecule has 0 bridgehead atoms. The average Bonchev–Trinajstić information content (AvgIpc) is 3.22. The first-order valence-corrected chi connectivity index (χ1v) is 10.5. The second-order valence-corrected chi connectivity index (χ2v) is 8.27. The number of carbonyl (C=O) groups excluding carboxylic acids is 1. The van der Waals surface area contributed by atoms with Crippen LogP contribution in [0.5, 0.6) is 5.75 Å². The molecule has 1 aliphatic heterocycles. The number of nitrogens with one attached hydrogen (secondary N) is 1. The van der Waals surface area contributed by atoms with Gasteiger partial charge in [0.05, 0.1) is 23.3 Å². The third kappa shape index (κ3) is 4.90. The number of furan rings is 1. The highest BCUT2D eigenvalue weighted by atomic mass is 32.2. The number of carbonyl (C=O) groups is 1. The summed E-state index contributed by atoms with van der Waals surface area (Å²) in [5.41, 5.74) is 0.546. The molecule has 2 heterocycles. The molecule has 0 spiro atoms. The molecule has 1 fully saturated rings. The summed E-state index contributed by atoms with van der Waals surface area (Å²) in [6.07, 6.45) is 4.44. The van der Waals surface area contributed by atoms with Crippen molar-refractivity contribution in [2.45, 2.75) is 24.7 Å². The van der Waals surface area contributed by atoms with Crippen LogP contribution in [0, 0.1) is 5.92 Å². The molecule has 7 nitrogen and oxygen atoms in total. The van der Waals surface area contributed by atoms with E-state index in [1.165, 1.54) is 12.5 Å². The minimum atomic E-state index is -3.56. The van der Waals surface area contributed by atoms with Crippen molar-refractivity contribution < 1.29 is 22.4 Å². The molecule has 0 unspecified atom stereocenters. The predicted octanol–water partition coefficient (Wildman–Crippen LogP) is 2.51. The summed E-state index contributed by atoms with van der Waals surface area (Å²) in [7, 11) is -3.56. The van der Waals surface area contributed by atoms with Gasteiger partial charge >= 0.3 is 0 Å². The van der Waals surface area contributed by atoms with Crippen molar-refractivity contribution in [3.8, 4) is 5.75 Å². The number of hydrogen-bond donors (Lipinski definition) is 1. The molecule has 0 aliphatic carbocycles. The summed E-state index contributed by atoms with van der Waals surface area (Å²) in [5, 5.41) is 0. The van der Waals surface area contributed by atoms with E-state index in [1.807, 2.05) is 6.92 Å². The van der Waals surface area contributed by atoms with Gasteiger partial charge in [-0.3, -0.25) is 4.79 Å². The predicted molar refractivity (Wildman–Crippen MR) is 100 cm³/mol. The van der Waals surface area contributed by atoms with E-state index in [2.05, 4.69) is 4.72 Å². The van der Waals surface area contributed by atoms with Crippen molar-refractivity contribution in [1.82, 2.24) is 9.62 Å². The standard InChI is InChI=1S/C19H24N2O5S/c1-2-26-17-3-5-18(6-4-17)27(23,24)20-13-15-7-10-21(11-8-15)19(22)16-9-12-25-14-16/h3-6,9,12,14-15,20H,2,7-8,10-11,13H2,1H3. The number of rotatable bonds is 7. The minimum absolute atomic E-state index is 0.0443. The maximum atomic E-state index is 12.4. The number of piperidine rings is 1. The molecule has 1 saturated heterocycles. The Labute approximate surface area is 159 Å². The SMILES string of the molecule is CCOc1ccc(S(=O)(=O)NCC2CCN(C(=O)c3ccoc3)CC2)cc1. The van der Waals surface area contributed by atoms with Gasteiger partial charge in [0.25, 0.3) is 5.91 Å². The molecular weight excluding hydrogens is 368 g/mol. The second-order valence-electron chi connectivity index (χ2n) is 6.50. The molecule has 146 valence electrons. The van der Waals surface area contributed by atoms with Crippen LogP contribution in [0.3, 0.4) is 0 Å². The van der Waals surface area contributed by atoms with Gasteiger partial charge in [-0.1, -0.05) is 0 Å². The molecule has 1 aromatic carbocycles. The van der Waals surface area contributed by atoms with Crippen molar-refractivity contribution in [2.24, 2.45) is 5.92 Å². The molecule has 3 rings (SSSR count). The van der Waals surface area contributed by atoms with E-state index in [1.54, 1.807) is 35.2 Å². The van der Waals surface area contributed by atoms with Crippen LogP contribution in [-0.4, -0.2) is 45.5 Å². The number of benzene rings is 1. The lowest BCUT2D eigenvalue weighted by atomic mass is 9.97. The molecule has 1 amide bonds. The normalized spacial score (nSPS) is 15.7. The topological polar surface area (TPSA) is 88.9 Å². The zero-order valence-electron chi connectivity index (χ0n) is 15.3. The van der Waals surface area contributed by atoms with Gasteiger partial charge in [0.15, 0.2) is 0 Å². The second kappa shape index (κ2) is 8.58. The van der Waals surface area contributed by atoms with E-state index in [9.17, 15) is 13.2 Å². The monoisotopic (exact) mass is 392 g/mol. The lowest BCUT2D eigenvalue weighted by Crippen LogP contribution is -2.41. The van der Waals surface area contributed by atoms with Crippen LogP contribution in [-0.2, 0) is 10.0 Å². The molecule has 8 heteroatoms. The summed E-state index contributed by atoms with van der Waals surface area (Å²) >= 11 is 0. The molecule has 1 aliphatic rings. The Kier molecular flexibility index (Phi) is 6.18. The zero-order chi connectivity index (χ0) is 19.3. The Morgan fingerprint density at radius 2 is 1.93 bits per heavy atom. The van der Waals surface area contributed by atoms with Gasteiger partial charge in [-0.15, -0.1) is 0 Å². The van der Waals surface area contributed by atoms with Gasteiger partial charge in [-0.2, -0.15) is 0 Å².